The number of fused-ring (bicyclic) bond motifs is 1. The zero-order valence-corrected chi connectivity index (χ0v) is 11.3. The minimum Gasteiger partial charge on any atom is -0.372 e. The van der Waals surface area contributed by atoms with Gasteiger partial charge in [0.15, 0.2) is 11.5 Å². The summed E-state index contributed by atoms with van der Waals surface area (Å²) in [4.78, 5) is 11.5. The predicted molar refractivity (Wildman–Crippen MR) is 76.7 cm³/mol. The van der Waals surface area contributed by atoms with Crippen LogP contribution < -0.4 is 10.2 Å². The van der Waals surface area contributed by atoms with E-state index in [1.54, 1.807) is 0 Å². The summed E-state index contributed by atoms with van der Waals surface area (Å²) in [7, 11) is 1.90. The van der Waals surface area contributed by atoms with Gasteiger partial charge in [-0.25, -0.2) is 9.97 Å². The van der Waals surface area contributed by atoms with Crippen LogP contribution in [0.1, 0.15) is 6.42 Å². The highest BCUT2D eigenvalue weighted by molar-refractivity contribution is 7.99. The molecule has 5 nitrogen and oxygen atoms in total. The Bertz CT molecular complexity index is 530. The second-order valence-electron chi connectivity index (χ2n) is 4.31. The zero-order valence-electron chi connectivity index (χ0n) is 10.5. The first-order chi connectivity index (χ1) is 8.88. The van der Waals surface area contributed by atoms with Crippen molar-refractivity contribution < 1.29 is 0 Å². The Labute approximate surface area is 111 Å². The second kappa shape index (κ2) is 5.06. The van der Waals surface area contributed by atoms with Gasteiger partial charge in [-0.2, -0.15) is 11.8 Å². The molecule has 1 fully saturated rings. The Morgan fingerprint density at radius 2 is 2.28 bits per heavy atom. The van der Waals surface area contributed by atoms with Gasteiger partial charge in [0.1, 0.15) is 5.82 Å². The minimum atomic E-state index is 0.882. The lowest BCUT2D eigenvalue weighted by Crippen LogP contribution is -2.27. The molecule has 1 aliphatic heterocycles. The van der Waals surface area contributed by atoms with Gasteiger partial charge in [-0.15, -0.1) is 0 Å². The molecule has 3 rings (SSSR count). The van der Waals surface area contributed by atoms with Gasteiger partial charge in [-0.3, -0.25) is 0 Å². The van der Waals surface area contributed by atoms with Gasteiger partial charge in [-0.05, 0) is 12.2 Å². The summed E-state index contributed by atoms with van der Waals surface area (Å²) < 4.78 is 2.03. The average molecular weight is 263 g/mol. The van der Waals surface area contributed by atoms with Crippen LogP contribution in [0.4, 0.5) is 11.6 Å². The van der Waals surface area contributed by atoms with E-state index in [1.807, 2.05) is 41.8 Å². The van der Waals surface area contributed by atoms with E-state index in [4.69, 9.17) is 0 Å². The molecule has 0 aromatic carbocycles. The van der Waals surface area contributed by atoms with Crippen LogP contribution in [0, 0.1) is 0 Å². The van der Waals surface area contributed by atoms with Gasteiger partial charge < -0.3 is 14.6 Å². The number of hydrogen-bond donors (Lipinski definition) is 1. The molecule has 3 heterocycles. The van der Waals surface area contributed by atoms with Gasteiger partial charge in [0.2, 0.25) is 0 Å². The molecule has 0 spiro atoms. The summed E-state index contributed by atoms with van der Waals surface area (Å²) in [6.45, 7) is 2.11. The number of aromatic nitrogens is 3. The SMILES string of the molecule is CNc1cn2ccnc2c(N2CCCSCC2)n1. The second-order valence-corrected chi connectivity index (χ2v) is 5.54. The molecule has 0 atom stereocenters. The molecule has 18 heavy (non-hydrogen) atoms. The van der Waals surface area contributed by atoms with E-state index in [0.717, 1.165) is 30.4 Å². The summed E-state index contributed by atoms with van der Waals surface area (Å²) in [5.41, 5.74) is 0.945. The van der Waals surface area contributed by atoms with E-state index < -0.39 is 0 Å². The number of rotatable bonds is 2. The van der Waals surface area contributed by atoms with Gasteiger partial charge in [0.25, 0.3) is 0 Å². The van der Waals surface area contributed by atoms with Crippen molar-refractivity contribution in [1.82, 2.24) is 14.4 Å². The molecule has 2 aromatic heterocycles. The van der Waals surface area contributed by atoms with Crippen molar-refractivity contribution in [2.24, 2.45) is 0 Å². The van der Waals surface area contributed by atoms with Crippen LogP contribution in [0.2, 0.25) is 0 Å². The van der Waals surface area contributed by atoms with Crippen molar-refractivity contribution >= 4 is 29.0 Å². The maximum Gasteiger partial charge on any atom is 0.180 e. The summed E-state index contributed by atoms with van der Waals surface area (Å²) in [6.07, 6.45) is 6.97. The fraction of sp³-hybridized carbons (Fsp3) is 0.500. The van der Waals surface area contributed by atoms with E-state index in [9.17, 15) is 0 Å². The Hall–Kier alpha value is -1.43. The summed E-state index contributed by atoms with van der Waals surface area (Å²) in [5, 5.41) is 3.11. The third-order valence-electron chi connectivity index (χ3n) is 3.13. The number of nitrogens with one attached hydrogen (secondary N) is 1. The monoisotopic (exact) mass is 263 g/mol. The van der Waals surface area contributed by atoms with Crippen molar-refractivity contribution in [3.8, 4) is 0 Å². The minimum absolute atomic E-state index is 0.882. The zero-order chi connectivity index (χ0) is 12.4. The van der Waals surface area contributed by atoms with Crippen LogP contribution >= 0.6 is 11.8 Å². The third-order valence-corrected chi connectivity index (χ3v) is 4.18. The first-order valence-electron chi connectivity index (χ1n) is 6.22. The normalized spacial score (nSPS) is 16.8. The molecule has 0 aliphatic carbocycles. The molecule has 0 amide bonds. The van der Waals surface area contributed by atoms with Gasteiger partial charge >= 0.3 is 0 Å². The van der Waals surface area contributed by atoms with Crippen LogP contribution in [0.15, 0.2) is 18.6 Å². The Kier molecular flexibility index (Phi) is 3.27. The lowest BCUT2D eigenvalue weighted by atomic mass is 10.4. The van der Waals surface area contributed by atoms with Crippen molar-refractivity contribution in [2.75, 3.05) is 41.9 Å². The van der Waals surface area contributed by atoms with Crippen molar-refractivity contribution in [3.63, 3.8) is 0 Å². The van der Waals surface area contributed by atoms with Crippen LogP contribution in [-0.4, -0.2) is 46.0 Å². The van der Waals surface area contributed by atoms with Crippen LogP contribution in [0.25, 0.3) is 5.65 Å². The third kappa shape index (κ3) is 2.12. The Morgan fingerprint density at radius 3 is 3.17 bits per heavy atom. The molecule has 0 unspecified atom stereocenters. The molecule has 96 valence electrons. The quantitative estimate of drug-likeness (QED) is 0.894. The molecular formula is C12H17N5S. The fourth-order valence-electron chi connectivity index (χ4n) is 2.21. The number of imidazole rings is 1. The Balaban J connectivity index is 2.04. The number of thioether (sulfide) groups is 1. The van der Waals surface area contributed by atoms with Crippen LogP contribution in [-0.2, 0) is 0 Å². The first-order valence-corrected chi connectivity index (χ1v) is 7.38. The van der Waals surface area contributed by atoms with E-state index in [2.05, 4.69) is 20.2 Å². The maximum atomic E-state index is 4.68. The molecule has 1 aliphatic rings. The van der Waals surface area contributed by atoms with Crippen molar-refractivity contribution in [1.29, 1.82) is 0 Å². The molecule has 0 bridgehead atoms. The highest BCUT2D eigenvalue weighted by Gasteiger charge is 2.16. The molecule has 1 N–H and O–H groups in total. The summed E-state index contributed by atoms with van der Waals surface area (Å²) in [6, 6.07) is 0. The van der Waals surface area contributed by atoms with Crippen LogP contribution in [0.3, 0.4) is 0 Å². The van der Waals surface area contributed by atoms with Crippen LogP contribution in [0.5, 0.6) is 0 Å². The summed E-state index contributed by atoms with van der Waals surface area (Å²) in [5.74, 6) is 4.28. The predicted octanol–water partition coefficient (Wildman–Crippen LogP) is 1.71. The topological polar surface area (TPSA) is 45.5 Å². The smallest absolute Gasteiger partial charge is 0.180 e. The number of anilines is 2. The Morgan fingerprint density at radius 1 is 1.33 bits per heavy atom. The van der Waals surface area contributed by atoms with Gasteiger partial charge in [0, 0.05) is 38.3 Å². The average Bonchev–Trinajstić information content (AvgIpc) is 2.70. The molecule has 0 saturated carbocycles. The van der Waals surface area contributed by atoms with E-state index in [1.165, 1.54) is 17.9 Å². The number of nitrogens with zero attached hydrogens (tertiary/aromatic N) is 4. The summed E-state index contributed by atoms with van der Waals surface area (Å²) >= 11 is 2.02. The molecule has 6 heteroatoms. The van der Waals surface area contributed by atoms with Gasteiger partial charge in [-0.1, -0.05) is 0 Å². The van der Waals surface area contributed by atoms with Crippen molar-refractivity contribution in [3.05, 3.63) is 18.6 Å². The standard InChI is InChI=1S/C12H17N5S/c1-13-10-9-17-5-3-14-11(17)12(15-10)16-4-2-7-18-8-6-16/h3,5,9,13H,2,4,6-8H2,1H3. The lowest BCUT2D eigenvalue weighted by Gasteiger charge is -2.22. The van der Waals surface area contributed by atoms with E-state index >= 15 is 0 Å². The maximum absolute atomic E-state index is 4.68. The van der Waals surface area contributed by atoms with E-state index in [-0.39, 0.29) is 0 Å². The molecule has 0 radical (unpaired) electrons. The van der Waals surface area contributed by atoms with Crippen molar-refractivity contribution in [2.45, 2.75) is 6.42 Å². The van der Waals surface area contributed by atoms with E-state index in [0.29, 0.717) is 0 Å². The molecule has 1 saturated heterocycles. The lowest BCUT2D eigenvalue weighted by molar-refractivity contribution is 0.800. The largest absolute Gasteiger partial charge is 0.372 e. The molecular weight excluding hydrogens is 246 g/mol. The highest BCUT2D eigenvalue weighted by atomic mass is 32.2. The number of hydrogen-bond acceptors (Lipinski definition) is 5. The fourth-order valence-corrected chi connectivity index (χ4v) is 3.09. The highest BCUT2D eigenvalue weighted by Crippen LogP contribution is 2.23. The molecule has 2 aromatic rings. The van der Waals surface area contributed by atoms with Gasteiger partial charge in [0.05, 0.1) is 6.20 Å². The first kappa shape index (κ1) is 11.6.